The van der Waals surface area contributed by atoms with Gasteiger partial charge in [-0.1, -0.05) is 51.9 Å². The molecule has 0 aliphatic heterocycles. The van der Waals surface area contributed by atoms with E-state index < -0.39 is 5.78 Å². The average molecular weight is 354 g/mol. The van der Waals surface area contributed by atoms with Crippen molar-refractivity contribution < 1.29 is 19.2 Å². The van der Waals surface area contributed by atoms with Gasteiger partial charge in [-0.15, -0.1) is 0 Å². The van der Waals surface area contributed by atoms with Crippen LogP contribution in [0.3, 0.4) is 0 Å². The SMILES string of the molecule is CCCCCCCCCCC1=C(C2=CC(=O)C=CC2=O)C(=O)C=CC1=O. The van der Waals surface area contributed by atoms with Crippen LogP contribution in [0.5, 0.6) is 0 Å². The predicted octanol–water partition coefficient (Wildman–Crippen LogP) is 4.16. The number of hydrogen-bond donors (Lipinski definition) is 0. The summed E-state index contributed by atoms with van der Waals surface area (Å²) in [6, 6.07) is 0. The van der Waals surface area contributed by atoms with Gasteiger partial charge in [0.1, 0.15) is 0 Å². The molecule has 0 radical (unpaired) electrons. The molecule has 0 bridgehead atoms. The minimum Gasteiger partial charge on any atom is -0.290 e. The second kappa shape index (κ2) is 9.95. The van der Waals surface area contributed by atoms with Crippen molar-refractivity contribution in [1.29, 1.82) is 0 Å². The molecule has 2 rings (SSSR count). The van der Waals surface area contributed by atoms with Gasteiger partial charge in [-0.05, 0) is 43.2 Å². The number of allylic oxidation sites excluding steroid dienone is 8. The van der Waals surface area contributed by atoms with Crippen LogP contribution in [-0.4, -0.2) is 23.1 Å². The third-order valence-electron chi connectivity index (χ3n) is 4.73. The molecule has 0 atom stereocenters. The molecule has 138 valence electrons. The van der Waals surface area contributed by atoms with Crippen molar-refractivity contribution in [1.82, 2.24) is 0 Å². The highest BCUT2D eigenvalue weighted by Gasteiger charge is 2.29. The van der Waals surface area contributed by atoms with Crippen LogP contribution < -0.4 is 0 Å². The van der Waals surface area contributed by atoms with Gasteiger partial charge in [-0.25, -0.2) is 0 Å². The molecule has 2 aliphatic rings. The van der Waals surface area contributed by atoms with E-state index in [0.29, 0.717) is 12.0 Å². The molecule has 0 aromatic heterocycles. The van der Waals surface area contributed by atoms with Crippen LogP contribution in [0.15, 0.2) is 47.1 Å². The van der Waals surface area contributed by atoms with Crippen molar-refractivity contribution in [2.45, 2.75) is 64.7 Å². The Morgan fingerprint density at radius 2 is 1.23 bits per heavy atom. The lowest BCUT2D eigenvalue weighted by Crippen LogP contribution is -2.21. The fraction of sp³-hybridized carbons (Fsp3) is 0.455. The van der Waals surface area contributed by atoms with Crippen molar-refractivity contribution in [2.75, 3.05) is 0 Å². The minimum atomic E-state index is -0.399. The van der Waals surface area contributed by atoms with E-state index in [4.69, 9.17) is 0 Å². The fourth-order valence-electron chi connectivity index (χ4n) is 3.29. The Balaban J connectivity index is 2.02. The smallest absolute Gasteiger partial charge is 0.187 e. The van der Waals surface area contributed by atoms with Gasteiger partial charge in [0.05, 0.1) is 0 Å². The normalized spacial score (nSPS) is 17.3. The first kappa shape index (κ1) is 20.0. The highest BCUT2D eigenvalue weighted by Crippen LogP contribution is 2.28. The summed E-state index contributed by atoms with van der Waals surface area (Å²) in [5, 5.41) is 0. The Morgan fingerprint density at radius 1 is 0.654 bits per heavy atom. The monoisotopic (exact) mass is 354 g/mol. The van der Waals surface area contributed by atoms with E-state index in [0.717, 1.165) is 31.4 Å². The van der Waals surface area contributed by atoms with Crippen LogP contribution in [0.25, 0.3) is 0 Å². The molecule has 0 spiro atoms. The topological polar surface area (TPSA) is 68.3 Å². The lowest BCUT2D eigenvalue weighted by molar-refractivity contribution is -0.116. The average Bonchev–Trinajstić information content (AvgIpc) is 2.62. The van der Waals surface area contributed by atoms with Crippen molar-refractivity contribution in [3.8, 4) is 0 Å². The highest BCUT2D eigenvalue weighted by molar-refractivity contribution is 6.30. The summed E-state index contributed by atoms with van der Waals surface area (Å²) in [4.78, 5) is 48.3. The Labute approximate surface area is 154 Å². The Morgan fingerprint density at radius 3 is 1.92 bits per heavy atom. The third-order valence-corrected chi connectivity index (χ3v) is 4.73. The van der Waals surface area contributed by atoms with Crippen LogP contribution in [0.2, 0.25) is 0 Å². The predicted molar refractivity (Wildman–Crippen MR) is 101 cm³/mol. The lowest BCUT2D eigenvalue weighted by Gasteiger charge is -2.17. The van der Waals surface area contributed by atoms with Gasteiger partial charge in [0.15, 0.2) is 23.1 Å². The molecule has 0 aromatic rings. The Kier molecular flexibility index (Phi) is 7.64. The second-order valence-electron chi connectivity index (χ2n) is 6.80. The molecular weight excluding hydrogens is 328 g/mol. The van der Waals surface area contributed by atoms with Crippen molar-refractivity contribution in [2.24, 2.45) is 0 Å². The number of ketones is 4. The Bertz CT molecular complexity index is 716. The standard InChI is InChI=1S/C22H26O4/c1-2-3-4-5-6-7-8-9-10-17-19(24)13-14-21(26)22(17)18-15-16(23)11-12-20(18)25/h11-15H,2-10H2,1H3. The zero-order valence-electron chi connectivity index (χ0n) is 15.4. The largest absolute Gasteiger partial charge is 0.290 e. The van der Waals surface area contributed by atoms with Gasteiger partial charge in [-0.2, -0.15) is 0 Å². The van der Waals surface area contributed by atoms with E-state index >= 15 is 0 Å². The molecule has 0 fully saturated rings. The maximum Gasteiger partial charge on any atom is 0.187 e. The van der Waals surface area contributed by atoms with Crippen molar-refractivity contribution in [3.05, 3.63) is 47.1 Å². The summed E-state index contributed by atoms with van der Waals surface area (Å²) in [5.74, 6) is -1.35. The van der Waals surface area contributed by atoms with Gasteiger partial charge < -0.3 is 0 Å². The quantitative estimate of drug-likeness (QED) is 0.436. The van der Waals surface area contributed by atoms with E-state index in [1.165, 1.54) is 50.3 Å². The maximum absolute atomic E-state index is 12.3. The van der Waals surface area contributed by atoms with Gasteiger partial charge in [0, 0.05) is 16.7 Å². The van der Waals surface area contributed by atoms with Crippen LogP contribution in [0.1, 0.15) is 64.7 Å². The number of rotatable bonds is 10. The van der Waals surface area contributed by atoms with E-state index in [1.54, 1.807) is 0 Å². The molecule has 0 saturated heterocycles. The molecule has 0 aromatic carbocycles. The van der Waals surface area contributed by atoms with Gasteiger partial charge >= 0.3 is 0 Å². The molecule has 4 nitrogen and oxygen atoms in total. The van der Waals surface area contributed by atoms with E-state index in [1.807, 2.05) is 0 Å². The first-order valence-corrected chi connectivity index (χ1v) is 9.53. The highest BCUT2D eigenvalue weighted by atomic mass is 16.1. The number of unbranched alkanes of at least 4 members (excludes halogenated alkanes) is 7. The zero-order valence-corrected chi connectivity index (χ0v) is 15.4. The molecular formula is C22H26O4. The van der Waals surface area contributed by atoms with Crippen molar-refractivity contribution >= 4 is 23.1 Å². The summed E-state index contributed by atoms with van der Waals surface area (Å²) < 4.78 is 0. The molecule has 4 heteroatoms. The van der Waals surface area contributed by atoms with Crippen LogP contribution in [0.4, 0.5) is 0 Å². The van der Waals surface area contributed by atoms with Crippen molar-refractivity contribution in [3.63, 3.8) is 0 Å². The van der Waals surface area contributed by atoms with E-state index in [-0.39, 0.29) is 28.5 Å². The molecule has 0 heterocycles. The van der Waals surface area contributed by atoms with Gasteiger partial charge in [0.2, 0.25) is 0 Å². The molecule has 0 N–H and O–H groups in total. The third kappa shape index (κ3) is 5.32. The first-order valence-electron chi connectivity index (χ1n) is 9.53. The summed E-state index contributed by atoms with van der Waals surface area (Å²) in [5.41, 5.74) is 0.532. The zero-order chi connectivity index (χ0) is 18.9. The number of carbonyl (C=O) groups is 4. The molecule has 2 aliphatic carbocycles. The van der Waals surface area contributed by atoms with E-state index in [2.05, 4.69) is 6.92 Å². The summed E-state index contributed by atoms with van der Waals surface area (Å²) >= 11 is 0. The fourth-order valence-corrected chi connectivity index (χ4v) is 3.29. The summed E-state index contributed by atoms with van der Waals surface area (Å²) in [6.45, 7) is 2.19. The minimum absolute atomic E-state index is 0.0507. The molecule has 0 saturated carbocycles. The second-order valence-corrected chi connectivity index (χ2v) is 6.80. The maximum atomic E-state index is 12.3. The molecule has 26 heavy (non-hydrogen) atoms. The summed E-state index contributed by atoms with van der Waals surface area (Å²) in [7, 11) is 0. The molecule has 0 unspecified atom stereocenters. The van der Waals surface area contributed by atoms with Crippen LogP contribution >= 0.6 is 0 Å². The van der Waals surface area contributed by atoms with Gasteiger partial charge in [0.25, 0.3) is 0 Å². The van der Waals surface area contributed by atoms with Gasteiger partial charge in [-0.3, -0.25) is 19.2 Å². The first-order chi connectivity index (χ1) is 12.5. The number of carbonyl (C=O) groups excluding carboxylic acids is 4. The number of hydrogen-bond acceptors (Lipinski definition) is 4. The lowest BCUT2D eigenvalue weighted by atomic mass is 9.83. The van der Waals surface area contributed by atoms with Crippen LogP contribution in [0, 0.1) is 0 Å². The Hall–Kier alpha value is -2.36. The molecule has 0 amide bonds. The summed E-state index contributed by atoms with van der Waals surface area (Å²) in [6.07, 6.45) is 15.5. The van der Waals surface area contributed by atoms with Crippen LogP contribution in [-0.2, 0) is 19.2 Å². The van der Waals surface area contributed by atoms with E-state index in [9.17, 15) is 19.2 Å².